The molecule has 0 saturated carbocycles. The third kappa shape index (κ3) is 5.34. The van der Waals surface area contributed by atoms with E-state index < -0.39 is 17.5 Å². The average Bonchev–Trinajstić information content (AvgIpc) is 2.80. The third-order valence-electron chi connectivity index (χ3n) is 4.53. The first-order valence-corrected chi connectivity index (χ1v) is 9.93. The van der Waals surface area contributed by atoms with Crippen molar-refractivity contribution in [3.63, 3.8) is 0 Å². The number of hydrogen-bond acceptors (Lipinski definition) is 7. The fraction of sp³-hybridized carbons (Fsp3) is 0.208. The van der Waals surface area contributed by atoms with Crippen LogP contribution in [0.2, 0.25) is 0 Å². The maximum atomic E-state index is 12.2. The van der Waals surface area contributed by atoms with Gasteiger partial charge in [-0.05, 0) is 48.4 Å². The first-order chi connectivity index (χ1) is 15.4. The Morgan fingerprint density at radius 3 is 2.53 bits per heavy atom. The Morgan fingerprint density at radius 2 is 1.81 bits per heavy atom. The van der Waals surface area contributed by atoms with Crippen LogP contribution in [0.15, 0.2) is 57.8 Å². The summed E-state index contributed by atoms with van der Waals surface area (Å²) in [6.07, 6.45) is 3.59. The normalized spacial score (nSPS) is 10.8. The second kappa shape index (κ2) is 10.3. The Balaban J connectivity index is 1.74. The molecule has 2 aromatic carbocycles. The molecule has 0 fully saturated rings. The number of fused-ring (bicyclic) bond motifs is 1. The molecule has 3 rings (SSSR count). The van der Waals surface area contributed by atoms with Gasteiger partial charge >= 0.3 is 11.6 Å². The SMILES string of the molecule is CCCNC(=O)c1cc2ccc(OC(=O)/C=C/c3ccc(OC)c(OC)c3)cc2oc1=O. The number of hydrogen-bond donors (Lipinski definition) is 1. The summed E-state index contributed by atoms with van der Waals surface area (Å²) in [5, 5.41) is 3.18. The Labute approximate surface area is 184 Å². The number of rotatable bonds is 8. The summed E-state index contributed by atoms with van der Waals surface area (Å²) in [6, 6.07) is 11.3. The van der Waals surface area contributed by atoms with Crippen molar-refractivity contribution in [2.75, 3.05) is 20.8 Å². The molecule has 8 heteroatoms. The number of amides is 1. The minimum absolute atomic E-state index is 0.0754. The van der Waals surface area contributed by atoms with Crippen molar-refractivity contribution < 1.29 is 28.2 Å². The van der Waals surface area contributed by atoms with Crippen LogP contribution in [0.25, 0.3) is 17.0 Å². The van der Waals surface area contributed by atoms with Gasteiger partial charge in [0.1, 0.15) is 16.9 Å². The Hall–Kier alpha value is -4.07. The first kappa shape index (κ1) is 22.6. The average molecular weight is 437 g/mol. The predicted molar refractivity (Wildman–Crippen MR) is 119 cm³/mol. The molecular weight excluding hydrogens is 414 g/mol. The molecule has 0 atom stereocenters. The van der Waals surface area contributed by atoms with Crippen LogP contribution in [0.5, 0.6) is 17.2 Å². The molecule has 0 spiro atoms. The van der Waals surface area contributed by atoms with E-state index in [1.54, 1.807) is 43.5 Å². The molecule has 0 aliphatic carbocycles. The van der Waals surface area contributed by atoms with Gasteiger partial charge in [-0.3, -0.25) is 4.79 Å². The van der Waals surface area contributed by atoms with Gasteiger partial charge in [0.2, 0.25) is 0 Å². The molecule has 0 unspecified atom stereocenters. The zero-order valence-electron chi connectivity index (χ0n) is 18.0. The van der Waals surface area contributed by atoms with Crippen LogP contribution in [-0.2, 0) is 4.79 Å². The van der Waals surface area contributed by atoms with Crippen molar-refractivity contribution in [2.45, 2.75) is 13.3 Å². The zero-order chi connectivity index (χ0) is 23.1. The number of esters is 1. The zero-order valence-corrected chi connectivity index (χ0v) is 18.0. The van der Waals surface area contributed by atoms with E-state index in [0.717, 1.165) is 12.0 Å². The molecule has 8 nitrogen and oxygen atoms in total. The Morgan fingerprint density at radius 1 is 1.03 bits per heavy atom. The highest BCUT2D eigenvalue weighted by Crippen LogP contribution is 2.28. The highest BCUT2D eigenvalue weighted by molar-refractivity contribution is 5.97. The molecule has 166 valence electrons. The van der Waals surface area contributed by atoms with Crippen molar-refractivity contribution in [1.82, 2.24) is 5.32 Å². The minimum Gasteiger partial charge on any atom is -0.493 e. The summed E-state index contributed by atoms with van der Waals surface area (Å²) in [5.74, 6) is 0.215. The van der Waals surface area contributed by atoms with Crippen LogP contribution in [0.1, 0.15) is 29.3 Å². The van der Waals surface area contributed by atoms with Crippen LogP contribution in [0, 0.1) is 0 Å². The van der Waals surface area contributed by atoms with Crippen molar-refractivity contribution in [2.24, 2.45) is 0 Å². The lowest BCUT2D eigenvalue weighted by Crippen LogP contribution is -2.28. The summed E-state index contributed by atoms with van der Waals surface area (Å²) in [7, 11) is 3.07. The number of carbonyl (C=O) groups is 2. The van der Waals surface area contributed by atoms with E-state index >= 15 is 0 Å². The lowest BCUT2D eigenvalue weighted by molar-refractivity contribution is -0.128. The van der Waals surface area contributed by atoms with Gasteiger partial charge in [0, 0.05) is 24.1 Å². The molecule has 1 aromatic heterocycles. The Kier molecular flexibility index (Phi) is 7.28. The van der Waals surface area contributed by atoms with Gasteiger partial charge in [0.15, 0.2) is 11.5 Å². The van der Waals surface area contributed by atoms with E-state index in [0.29, 0.717) is 23.4 Å². The van der Waals surface area contributed by atoms with Gasteiger partial charge in [-0.1, -0.05) is 13.0 Å². The fourth-order valence-electron chi connectivity index (χ4n) is 2.92. The van der Waals surface area contributed by atoms with E-state index in [2.05, 4.69) is 5.32 Å². The lowest BCUT2D eigenvalue weighted by Gasteiger charge is -2.07. The second-order valence-corrected chi connectivity index (χ2v) is 6.77. The van der Waals surface area contributed by atoms with E-state index in [-0.39, 0.29) is 16.9 Å². The van der Waals surface area contributed by atoms with Crippen LogP contribution in [0.4, 0.5) is 0 Å². The molecule has 0 bridgehead atoms. The lowest BCUT2D eigenvalue weighted by atomic mass is 10.1. The summed E-state index contributed by atoms with van der Waals surface area (Å²) < 4.78 is 21.0. The smallest absolute Gasteiger partial charge is 0.349 e. The second-order valence-electron chi connectivity index (χ2n) is 6.77. The van der Waals surface area contributed by atoms with Gasteiger partial charge in [-0.15, -0.1) is 0 Å². The number of nitrogens with one attached hydrogen (secondary N) is 1. The number of ether oxygens (including phenoxy) is 3. The van der Waals surface area contributed by atoms with Crippen molar-refractivity contribution in [3.8, 4) is 17.2 Å². The van der Waals surface area contributed by atoms with Crippen molar-refractivity contribution >= 4 is 28.9 Å². The maximum absolute atomic E-state index is 12.2. The topological polar surface area (TPSA) is 104 Å². The molecule has 1 heterocycles. The molecule has 0 aliphatic heterocycles. The molecule has 0 aliphatic rings. The largest absolute Gasteiger partial charge is 0.493 e. The van der Waals surface area contributed by atoms with Crippen LogP contribution >= 0.6 is 0 Å². The fourth-order valence-corrected chi connectivity index (χ4v) is 2.92. The standard InChI is InChI=1S/C24H23NO7/c1-4-11-25-23(27)18-13-16-7-8-17(14-20(16)32-24(18)28)31-22(26)10-6-15-5-9-19(29-2)21(12-15)30-3/h5-10,12-14H,4,11H2,1-3H3,(H,25,27)/b10-6+. The van der Waals surface area contributed by atoms with E-state index in [4.69, 9.17) is 18.6 Å². The van der Waals surface area contributed by atoms with Gasteiger partial charge in [0.05, 0.1) is 14.2 Å². The molecule has 0 saturated heterocycles. The highest BCUT2D eigenvalue weighted by atomic mass is 16.5. The van der Waals surface area contributed by atoms with E-state index in [9.17, 15) is 14.4 Å². The van der Waals surface area contributed by atoms with Crippen molar-refractivity contribution in [3.05, 3.63) is 70.1 Å². The summed E-state index contributed by atoms with van der Waals surface area (Å²) >= 11 is 0. The number of carbonyl (C=O) groups excluding carboxylic acids is 2. The van der Waals surface area contributed by atoms with Crippen molar-refractivity contribution in [1.29, 1.82) is 0 Å². The summed E-state index contributed by atoms with van der Waals surface area (Å²) in [6.45, 7) is 2.37. The van der Waals surface area contributed by atoms with Gasteiger partial charge < -0.3 is 23.9 Å². The molecule has 1 N–H and O–H groups in total. The van der Waals surface area contributed by atoms with Gasteiger partial charge in [-0.25, -0.2) is 9.59 Å². The van der Waals surface area contributed by atoms with E-state index in [1.807, 2.05) is 6.92 Å². The molecule has 32 heavy (non-hydrogen) atoms. The quantitative estimate of drug-likeness (QED) is 0.249. The number of benzene rings is 2. The third-order valence-corrected chi connectivity index (χ3v) is 4.53. The number of methoxy groups -OCH3 is 2. The maximum Gasteiger partial charge on any atom is 0.349 e. The minimum atomic E-state index is -0.761. The molecule has 1 amide bonds. The molecule has 0 radical (unpaired) electrons. The summed E-state index contributed by atoms with van der Waals surface area (Å²) in [4.78, 5) is 36.4. The van der Waals surface area contributed by atoms with Crippen LogP contribution in [-0.4, -0.2) is 32.6 Å². The molecule has 3 aromatic rings. The predicted octanol–water partition coefficient (Wildman–Crippen LogP) is 3.57. The van der Waals surface area contributed by atoms with Gasteiger partial charge in [0.25, 0.3) is 5.91 Å². The first-order valence-electron chi connectivity index (χ1n) is 9.93. The highest BCUT2D eigenvalue weighted by Gasteiger charge is 2.14. The summed E-state index contributed by atoms with van der Waals surface area (Å²) in [5.41, 5.74) is 0.0886. The monoisotopic (exact) mass is 437 g/mol. The van der Waals surface area contributed by atoms with Crippen LogP contribution in [0.3, 0.4) is 0 Å². The Bertz CT molecular complexity index is 1230. The van der Waals surface area contributed by atoms with Crippen LogP contribution < -0.4 is 25.2 Å². The van der Waals surface area contributed by atoms with E-state index in [1.165, 1.54) is 25.3 Å². The van der Waals surface area contributed by atoms with Gasteiger partial charge in [-0.2, -0.15) is 0 Å². The molecular formula is C24H23NO7.